The molecule has 0 unspecified atom stereocenters. The first-order chi connectivity index (χ1) is 19.6. The van der Waals surface area contributed by atoms with Crippen molar-refractivity contribution < 1.29 is 19.1 Å². The third-order valence-electron chi connectivity index (χ3n) is 7.32. The average Bonchev–Trinajstić information content (AvgIpc) is 3.42. The van der Waals surface area contributed by atoms with Gasteiger partial charge in [-0.1, -0.05) is 54.6 Å². The molecule has 0 radical (unpaired) electrons. The molecule has 0 spiro atoms. The lowest BCUT2D eigenvalue weighted by atomic mass is 9.81. The molecule has 41 heavy (non-hydrogen) atoms. The Morgan fingerprint density at radius 3 is 2.32 bits per heavy atom. The van der Waals surface area contributed by atoms with Gasteiger partial charge in [0.25, 0.3) is 0 Å². The molecule has 1 aliphatic rings. The number of hydrogen-bond donors (Lipinski definition) is 4. The highest BCUT2D eigenvalue weighted by molar-refractivity contribution is 5.79. The summed E-state index contributed by atoms with van der Waals surface area (Å²) < 4.78 is 5.33. The van der Waals surface area contributed by atoms with E-state index in [-0.39, 0.29) is 30.2 Å². The van der Waals surface area contributed by atoms with Crippen LogP contribution in [0, 0.1) is 11.8 Å². The Balaban J connectivity index is 1.38. The number of H-pyrrole nitrogens is 1. The molecular weight excluding hydrogens is 518 g/mol. The van der Waals surface area contributed by atoms with Crippen LogP contribution in [0.25, 0.3) is 11.3 Å². The SMILES string of the molecule is CC(C)(C)OC(=O)NCC1CCC(C(=O)N[C@@H](Cc2ccccc2)c2ncc(-c3ccc(CC(N)=O)cc3)[nH]2)CC1. The smallest absolute Gasteiger partial charge is 0.407 e. The summed E-state index contributed by atoms with van der Waals surface area (Å²) in [5.74, 6) is 0.589. The van der Waals surface area contributed by atoms with E-state index in [1.807, 2.05) is 75.4 Å². The van der Waals surface area contributed by atoms with Gasteiger partial charge in [-0.15, -0.1) is 0 Å². The fourth-order valence-electron chi connectivity index (χ4n) is 5.19. The van der Waals surface area contributed by atoms with Crippen LogP contribution in [-0.4, -0.2) is 40.0 Å². The Labute approximate surface area is 241 Å². The summed E-state index contributed by atoms with van der Waals surface area (Å²) >= 11 is 0. The maximum Gasteiger partial charge on any atom is 0.407 e. The topological polar surface area (TPSA) is 139 Å². The van der Waals surface area contributed by atoms with Crippen molar-refractivity contribution in [1.82, 2.24) is 20.6 Å². The zero-order valence-electron chi connectivity index (χ0n) is 24.1. The highest BCUT2D eigenvalue weighted by Gasteiger charge is 2.29. The summed E-state index contributed by atoms with van der Waals surface area (Å²) in [6.07, 6.45) is 5.44. The number of benzene rings is 2. The van der Waals surface area contributed by atoms with Crippen LogP contribution in [0.5, 0.6) is 0 Å². The number of alkyl carbamates (subject to hydrolysis) is 1. The molecule has 1 saturated carbocycles. The zero-order valence-corrected chi connectivity index (χ0v) is 24.1. The van der Waals surface area contributed by atoms with Gasteiger partial charge in [-0.3, -0.25) is 9.59 Å². The highest BCUT2D eigenvalue weighted by Crippen LogP contribution is 2.30. The van der Waals surface area contributed by atoms with Crippen molar-refractivity contribution in [3.8, 4) is 11.3 Å². The van der Waals surface area contributed by atoms with Gasteiger partial charge in [0.2, 0.25) is 11.8 Å². The summed E-state index contributed by atoms with van der Waals surface area (Å²) in [4.78, 5) is 44.7. The van der Waals surface area contributed by atoms with Gasteiger partial charge in [0.05, 0.1) is 24.4 Å². The van der Waals surface area contributed by atoms with E-state index in [1.54, 1.807) is 6.20 Å². The van der Waals surface area contributed by atoms with E-state index >= 15 is 0 Å². The van der Waals surface area contributed by atoms with Crippen LogP contribution < -0.4 is 16.4 Å². The monoisotopic (exact) mass is 559 g/mol. The summed E-state index contributed by atoms with van der Waals surface area (Å²) in [6, 6.07) is 17.3. The van der Waals surface area contributed by atoms with Crippen molar-refractivity contribution in [3.63, 3.8) is 0 Å². The minimum atomic E-state index is -0.526. The minimum absolute atomic E-state index is 0.0261. The van der Waals surface area contributed by atoms with E-state index in [4.69, 9.17) is 10.5 Å². The van der Waals surface area contributed by atoms with E-state index in [9.17, 15) is 14.4 Å². The molecule has 1 fully saturated rings. The molecule has 3 amide bonds. The van der Waals surface area contributed by atoms with Gasteiger partial charge >= 0.3 is 6.09 Å². The zero-order chi connectivity index (χ0) is 29.4. The van der Waals surface area contributed by atoms with Crippen LogP contribution in [0.1, 0.15) is 69.4 Å². The number of aromatic nitrogens is 2. The molecule has 1 atom stereocenters. The first-order valence-electron chi connectivity index (χ1n) is 14.3. The van der Waals surface area contributed by atoms with Gasteiger partial charge in [-0.05, 0) is 75.5 Å². The fourth-order valence-corrected chi connectivity index (χ4v) is 5.19. The minimum Gasteiger partial charge on any atom is -0.444 e. The maximum absolute atomic E-state index is 13.4. The summed E-state index contributed by atoms with van der Waals surface area (Å²) in [5.41, 5.74) is 8.49. The number of amides is 3. The normalized spacial score (nSPS) is 17.8. The maximum atomic E-state index is 13.4. The van der Waals surface area contributed by atoms with Gasteiger partial charge in [0, 0.05) is 12.5 Å². The van der Waals surface area contributed by atoms with Crippen molar-refractivity contribution in [2.45, 2.75) is 70.9 Å². The number of nitrogens with two attached hydrogens (primary N) is 1. The fraction of sp³-hybridized carbons (Fsp3) is 0.438. The molecule has 1 aliphatic carbocycles. The molecule has 5 N–H and O–H groups in total. The van der Waals surface area contributed by atoms with Crippen molar-refractivity contribution in [1.29, 1.82) is 0 Å². The van der Waals surface area contributed by atoms with Crippen molar-refractivity contribution in [2.24, 2.45) is 17.6 Å². The number of rotatable bonds is 10. The van der Waals surface area contributed by atoms with Gasteiger partial charge in [0.1, 0.15) is 11.4 Å². The Morgan fingerprint density at radius 2 is 1.68 bits per heavy atom. The number of carbonyl (C=O) groups is 3. The van der Waals surface area contributed by atoms with Crippen LogP contribution in [0.2, 0.25) is 0 Å². The standard InChI is InChI=1S/C32H41N5O4/c1-32(2,3)41-31(40)35-19-23-11-15-25(16-12-23)30(39)37-26(17-21-7-5-4-6-8-21)29-34-20-27(36-29)24-13-9-22(10-14-24)18-28(33)38/h4-10,13-14,20,23,25-26H,11-12,15-19H2,1-3H3,(H2,33,38)(H,34,36)(H,35,40)(H,37,39)/t23?,25?,26-/m0/s1. The van der Waals surface area contributed by atoms with Crippen molar-refractivity contribution in [2.75, 3.05) is 6.54 Å². The van der Waals surface area contributed by atoms with E-state index in [0.717, 1.165) is 48.1 Å². The summed E-state index contributed by atoms with van der Waals surface area (Å²) in [6.45, 7) is 6.08. The molecule has 1 aromatic heterocycles. The van der Waals surface area contributed by atoms with E-state index in [2.05, 4.69) is 20.6 Å². The summed E-state index contributed by atoms with van der Waals surface area (Å²) in [7, 11) is 0. The number of nitrogens with zero attached hydrogens (tertiary/aromatic N) is 1. The number of hydrogen-bond acceptors (Lipinski definition) is 5. The first kappa shape index (κ1) is 29.8. The molecular formula is C32H41N5O4. The number of nitrogens with one attached hydrogen (secondary N) is 3. The third-order valence-corrected chi connectivity index (χ3v) is 7.32. The molecule has 0 saturated heterocycles. The molecule has 9 heteroatoms. The second kappa shape index (κ2) is 13.5. The second-order valence-electron chi connectivity index (χ2n) is 11.9. The van der Waals surface area contributed by atoms with Crippen molar-refractivity contribution >= 4 is 17.9 Å². The molecule has 0 aliphatic heterocycles. The molecule has 2 aromatic carbocycles. The number of imidazole rings is 1. The lowest BCUT2D eigenvalue weighted by molar-refractivity contribution is -0.127. The van der Waals surface area contributed by atoms with Crippen LogP contribution >= 0.6 is 0 Å². The lowest BCUT2D eigenvalue weighted by Crippen LogP contribution is -2.39. The number of aromatic amines is 1. The van der Waals surface area contributed by atoms with Crippen LogP contribution in [0.4, 0.5) is 4.79 Å². The van der Waals surface area contributed by atoms with Gasteiger partial charge in [-0.2, -0.15) is 0 Å². The van der Waals surface area contributed by atoms with E-state index in [0.29, 0.717) is 24.7 Å². The van der Waals surface area contributed by atoms with Crippen LogP contribution in [-0.2, 0) is 27.2 Å². The largest absolute Gasteiger partial charge is 0.444 e. The van der Waals surface area contributed by atoms with Gasteiger partial charge < -0.3 is 26.1 Å². The number of ether oxygens (including phenoxy) is 1. The van der Waals surface area contributed by atoms with Crippen LogP contribution in [0.15, 0.2) is 60.8 Å². The molecule has 0 bridgehead atoms. The molecule has 9 nitrogen and oxygen atoms in total. The predicted molar refractivity (Wildman–Crippen MR) is 158 cm³/mol. The molecule has 218 valence electrons. The van der Waals surface area contributed by atoms with Crippen molar-refractivity contribution in [3.05, 3.63) is 77.7 Å². The van der Waals surface area contributed by atoms with Gasteiger partial charge in [0.15, 0.2) is 0 Å². The predicted octanol–water partition coefficient (Wildman–Crippen LogP) is 4.84. The highest BCUT2D eigenvalue weighted by atomic mass is 16.6. The Hall–Kier alpha value is -4.14. The quantitative estimate of drug-likeness (QED) is 0.282. The number of carbonyl (C=O) groups excluding carboxylic acids is 3. The van der Waals surface area contributed by atoms with Gasteiger partial charge in [-0.25, -0.2) is 9.78 Å². The molecule has 3 aromatic rings. The lowest BCUT2D eigenvalue weighted by Gasteiger charge is -2.29. The third kappa shape index (κ3) is 9.20. The summed E-state index contributed by atoms with van der Waals surface area (Å²) in [5, 5.41) is 6.13. The number of primary amides is 1. The second-order valence-corrected chi connectivity index (χ2v) is 11.9. The Bertz CT molecular complexity index is 1310. The Morgan fingerprint density at radius 1 is 1.00 bits per heavy atom. The Kier molecular flexibility index (Phi) is 9.81. The first-order valence-corrected chi connectivity index (χ1v) is 14.3. The molecule has 4 rings (SSSR count). The average molecular weight is 560 g/mol. The van der Waals surface area contributed by atoms with Crippen LogP contribution in [0.3, 0.4) is 0 Å². The van der Waals surface area contributed by atoms with E-state index < -0.39 is 11.7 Å². The van der Waals surface area contributed by atoms with E-state index in [1.165, 1.54) is 0 Å². The molecule has 1 heterocycles.